The van der Waals surface area contributed by atoms with E-state index >= 15 is 0 Å². The van der Waals surface area contributed by atoms with E-state index in [1.165, 1.54) is 12.7 Å². The second kappa shape index (κ2) is 8.27. The molecule has 4 rings (SSSR count). The highest BCUT2D eigenvalue weighted by atomic mass is 16.5. The molecule has 1 aromatic heterocycles. The van der Waals surface area contributed by atoms with Crippen LogP contribution in [0.5, 0.6) is 5.75 Å². The molecule has 0 amide bonds. The summed E-state index contributed by atoms with van der Waals surface area (Å²) in [4.78, 5) is 17.5. The van der Waals surface area contributed by atoms with Crippen molar-refractivity contribution in [2.24, 2.45) is 0 Å². The monoisotopic (exact) mass is 396 g/mol. The number of nitrogens with zero attached hydrogens (tertiary/aromatic N) is 3. The van der Waals surface area contributed by atoms with Gasteiger partial charge in [0.25, 0.3) is 0 Å². The van der Waals surface area contributed by atoms with Crippen LogP contribution in [0.25, 0.3) is 0 Å². The predicted octanol–water partition coefficient (Wildman–Crippen LogP) is 4.23. The molecule has 2 aliphatic rings. The summed E-state index contributed by atoms with van der Waals surface area (Å²) in [5.74, 6) is 1.13. The number of hydrogen-bond acceptors (Lipinski definition) is 6. The van der Waals surface area contributed by atoms with Gasteiger partial charge in [0.15, 0.2) is 0 Å². The van der Waals surface area contributed by atoms with Gasteiger partial charge in [0, 0.05) is 5.70 Å². The number of aromatic nitrogens is 3. The Balaban J connectivity index is 1.65. The molecule has 7 nitrogen and oxygen atoms in total. The first-order valence-corrected chi connectivity index (χ1v) is 10.4. The van der Waals surface area contributed by atoms with Crippen LogP contribution < -0.4 is 10.1 Å². The zero-order valence-corrected chi connectivity index (χ0v) is 17.2. The van der Waals surface area contributed by atoms with Crippen LogP contribution >= 0.6 is 0 Å². The van der Waals surface area contributed by atoms with Crippen molar-refractivity contribution in [3.8, 4) is 5.75 Å². The van der Waals surface area contributed by atoms with Gasteiger partial charge in [0.2, 0.25) is 5.95 Å². The molecule has 1 aliphatic heterocycles. The Kier molecular flexibility index (Phi) is 5.56. The summed E-state index contributed by atoms with van der Waals surface area (Å²) in [5.41, 5.74) is 2.26. The molecule has 1 N–H and O–H groups in total. The van der Waals surface area contributed by atoms with Crippen LogP contribution in [0.1, 0.15) is 64.5 Å². The molecule has 0 spiro atoms. The van der Waals surface area contributed by atoms with Gasteiger partial charge in [-0.15, -0.1) is 0 Å². The Morgan fingerprint density at radius 2 is 1.90 bits per heavy atom. The molecule has 2 heterocycles. The van der Waals surface area contributed by atoms with Crippen molar-refractivity contribution in [1.29, 1.82) is 0 Å². The van der Waals surface area contributed by atoms with Crippen molar-refractivity contribution in [2.45, 2.75) is 71.1 Å². The van der Waals surface area contributed by atoms with Crippen molar-refractivity contribution in [2.75, 3.05) is 5.32 Å². The largest absolute Gasteiger partial charge is 0.491 e. The van der Waals surface area contributed by atoms with E-state index in [9.17, 15) is 4.79 Å². The molecule has 1 unspecified atom stereocenters. The minimum Gasteiger partial charge on any atom is -0.491 e. The lowest BCUT2D eigenvalue weighted by Gasteiger charge is -2.30. The molecule has 1 saturated carbocycles. The molecular weight excluding hydrogens is 368 g/mol. The van der Waals surface area contributed by atoms with Crippen LogP contribution in [-0.4, -0.2) is 32.9 Å². The van der Waals surface area contributed by atoms with E-state index in [-0.39, 0.29) is 18.2 Å². The highest BCUT2D eigenvalue weighted by Crippen LogP contribution is 2.36. The summed E-state index contributed by atoms with van der Waals surface area (Å²) < 4.78 is 13.4. The second-order valence-electron chi connectivity index (χ2n) is 8.00. The summed E-state index contributed by atoms with van der Waals surface area (Å²) in [6.07, 6.45) is 6.91. The SMILES string of the molecule is CC1=C(C(=O)OC2CCCCC2)C(c2ccc(OC(C)C)cc2)n2ncnc2N1. The Morgan fingerprint density at radius 1 is 1.17 bits per heavy atom. The van der Waals surface area contributed by atoms with E-state index in [1.54, 1.807) is 4.68 Å². The van der Waals surface area contributed by atoms with E-state index in [4.69, 9.17) is 9.47 Å². The second-order valence-corrected chi connectivity index (χ2v) is 8.00. The lowest BCUT2D eigenvalue weighted by molar-refractivity contribution is -0.146. The average Bonchev–Trinajstić information content (AvgIpc) is 3.16. The predicted molar refractivity (Wildman–Crippen MR) is 110 cm³/mol. The lowest BCUT2D eigenvalue weighted by atomic mass is 9.95. The third-order valence-electron chi connectivity index (χ3n) is 5.41. The van der Waals surface area contributed by atoms with Gasteiger partial charge in [-0.1, -0.05) is 18.6 Å². The number of anilines is 1. The summed E-state index contributed by atoms with van der Waals surface area (Å²) in [5, 5.41) is 7.56. The summed E-state index contributed by atoms with van der Waals surface area (Å²) in [7, 11) is 0. The number of rotatable bonds is 5. The van der Waals surface area contributed by atoms with Gasteiger partial charge < -0.3 is 14.8 Å². The van der Waals surface area contributed by atoms with Crippen molar-refractivity contribution >= 4 is 11.9 Å². The first-order valence-electron chi connectivity index (χ1n) is 10.4. The fourth-order valence-electron chi connectivity index (χ4n) is 4.06. The maximum atomic E-state index is 13.2. The topological polar surface area (TPSA) is 78.3 Å². The van der Waals surface area contributed by atoms with Crippen molar-refractivity contribution in [3.63, 3.8) is 0 Å². The number of esters is 1. The van der Waals surface area contributed by atoms with Gasteiger partial charge in [-0.2, -0.15) is 10.1 Å². The van der Waals surface area contributed by atoms with Gasteiger partial charge in [-0.3, -0.25) is 0 Å². The van der Waals surface area contributed by atoms with Crippen LogP contribution in [0.15, 0.2) is 41.9 Å². The number of nitrogens with one attached hydrogen (secondary N) is 1. The zero-order chi connectivity index (χ0) is 20.4. The van der Waals surface area contributed by atoms with Crippen LogP contribution in [0.3, 0.4) is 0 Å². The smallest absolute Gasteiger partial charge is 0.338 e. The average molecular weight is 396 g/mol. The summed E-state index contributed by atoms with van der Waals surface area (Å²) >= 11 is 0. The van der Waals surface area contributed by atoms with Gasteiger partial charge in [0.05, 0.1) is 11.7 Å². The van der Waals surface area contributed by atoms with E-state index in [2.05, 4.69) is 15.4 Å². The first kappa shape index (κ1) is 19.5. The van der Waals surface area contributed by atoms with Crippen molar-refractivity contribution < 1.29 is 14.3 Å². The van der Waals surface area contributed by atoms with Crippen LogP contribution in [0.4, 0.5) is 5.95 Å². The Labute approximate surface area is 171 Å². The summed E-state index contributed by atoms with van der Waals surface area (Å²) in [6, 6.07) is 7.40. The molecule has 1 atom stereocenters. The van der Waals surface area contributed by atoms with E-state index in [0.717, 1.165) is 42.7 Å². The molecular formula is C22H28N4O3. The maximum absolute atomic E-state index is 13.2. The van der Waals surface area contributed by atoms with E-state index in [1.807, 2.05) is 45.0 Å². The molecule has 1 fully saturated rings. The molecule has 2 aromatic rings. The number of fused-ring (bicyclic) bond motifs is 1. The van der Waals surface area contributed by atoms with Gasteiger partial charge in [0.1, 0.15) is 24.2 Å². The van der Waals surface area contributed by atoms with E-state index < -0.39 is 6.04 Å². The number of ether oxygens (including phenoxy) is 2. The molecule has 0 saturated heterocycles. The van der Waals surface area contributed by atoms with Crippen molar-refractivity contribution in [1.82, 2.24) is 14.8 Å². The first-order chi connectivity index (χ1) is 14.0. The Bertz CT molecular complexity index is 895. The minimum atomic E-state index is -0.391. The molecule has 7 heteroatoms. The minimum absolute atomic E-state index is 0.00355. The normalized spacial score (nSPS) is 19.7. The number of benzene rings is 1. The quantitative estimate of drug-likeness (QED) is 0.762. The number of carbonyl (C=O) groups is 1. The number of carbonyl (C=O) groups excluding carboxylic acids is 1. The fourth-order valence-corrected chi connectivity index (χ4v) is 4.06. The lowest BCUT2D eigenvalue weighted by Crippen LogP contribution is -2.32. The number of allylic oxidation sites excluding steroid dienone is 1. The van der Waals surface area contributed by atoms with Gasteiger partial charge >= 0.3 is 5.97 Å². The van der Waals surface area contributed by atoms with Crippen LogP contribution in [0.2, 0.25) is 0 Å². The molecule has 29 heavy (non-hydrogen) atoms. The molecule has 0 bridgehead atoms. The molecule has 154 valence electrons. The van der Waals surface area contributed by atoms with Crippen LogP contribution in [-0.2, 0) is 9.53 Å². The van der Waals surface area contributed by atoms with E-state index in [0.29, 0.717) is 11.5 Å². The van der Waals surface area contributed by atoms with Gasteiger partial charge in [-0.05, 0) is 64.2 Å². The third-order valence-corrected chi connectivity index (χ3v) is 5.41. The Hall–Kier alpha value is -2.83. The van der Waals surface area contributed by atoms with Crippen LogP contribution in [0, 0.1) is 0 Å². The molecule has 1 aromatic carbocycles. The van der Waals surface area contributed by atoms with Crippen molar-refractivity contribution in [3.05, 3.63) is 47.4 Å². The maximum Gasteiger partial charge on any atom is 0.338 e. The number of hydrogen-bond donors (Lipinski definition) is 1. The molecule has 1 aliphatic carbocycles. The standard InChI is InChI=1S/C22H28N4O3/c1-14(2)28-18-11-9-16(10-12-18)20-19(15(3)25-22-23-13-24-26(20)22)21(27)29-17-7-5-4-6-8-17/h9-14,17,20H,4-8H2,1-3H3,(H,23,24,25). The Morgan fingerprint density at radius 3 is 2.59 bits per heavy atom. The fraction of sp³-hybridized carbons (Fsp3) is 0.500. The third kappa shape index (κ3) is 4.13. The highest BCUT2D eigenvalue weighted by Gasteiger charge is 2.35. The zero-order valence-electron chi connectivity index (χ0n) is 17.2. The summed E-state index contributed by atoms with van der Waals surface area (Å²) in [6.45, 7) is 5.88. The molecule has 0 radical (unpaired) electrons. The van der Waals surface area contributed by atoms with Gasteiger partial charge in [-0.25, -0.2) is 9.48 Å². The highest BCUT2D eigenvalue weighted by molar-refractivity contribution is 5.92.